The summed E-state index contributed by atoms with van der Waals surface area (Å²) in [7, 11) is 0. The zero-order valence-electron chi connectivity index (χ0n) is 15.1. The Morgan fingerprint density at radius 1 is 0.964 bits per heavy atom. The molecule has 4 nitrogen and oxygen atoms in total. The normalized spacial score (nSPS) is 12.9. The maximum Gasteiger partial charge on any atom is 0.196 e. The summed E-state index contributed by atoms with van der Waals surface area (Å²) < 4.78 is 0. The first-order valence-corrected chi connectivity index (χ1v) is 9.15. The molecule has 1 aliphatic rings. The molecule has 0 aliphatic heterocycles. The fraction of sp³-hybridized carbons (Fsp3) is 0.0435. The minimum absolute atomic E-state index is 0.0549. The number of benzene rings is 3. The van der Waals surface area contributed by atoms with Gasteiger partial charge in [0.1, 0.15) is 0 Å². The molecule has 0 saturated heterocycles. The fourth-order valence-electron chi connectivity index (χ4n) is 3.33. The molecule has 138 valence electrons. The Morgan fingerprint density at radius 2 is 1.64 bits per heavy atom. The maximum absolute atomic E-state index is 13.1. The number of carbonyl (C=O) groups is 2. The molecule has 5 heteroatoms. The molecule has 0 spiro atoms. The Balaban J connectivity index is 1.85. The highest BCUT2D eigenvalue weighted by atomic mass is 35.5. The van der Waals surface area contributed by atoms with Gasteiger partial charge in [-0.1, -0.05) is 48.0 Å². The highest BCUT2D eigenvalue weighted by molar-refractivity contribution is 6.41. The van der Waals surface area contributed by atoms with Crippen LogP contribution >= 0.6 is 11.6 Å². The minimum atomic E-state index is -0.0562. The number of hydrogen-bond donors (Lipinski definition) is 2. The number of allylic oxidation sites excluding steroid dienone is 1. The van der Waals surface area contributed by atoms with Crippen LogP contribution in [0.1, 0.15) is 38.8 Å². The van der Waals surface area contributed by atoms with Gasteiger partial charge in [0.05, 0.1) is 22.6 Å². The second kappa shape index (κ2) is 6.98. The van der Waals surface area contributed by atoms with Crippen molar-refractivity contribution in [2.75, 3.05) is 11.1 Å². The second-order valence-electron chi connectivity index (χ2n) is 6.61. The first-order chi connectivity index (χ1) is 13.5. The number of halogens is 1. The van der Waals surface area contributed by atoms with E-state index in [0.717, 1.165) is 11.1 Å². The molecule has 0 aromatic heterocycles. The van der Waals surface area contributed by atoms with Crippen molar-refractivity contribution >= 4 is 45.8 Å². The predicted molar refractivity (Wildman–Crippen MR) is 114 cm³/mol. The van der Waals surface area contributed by atoms with Gasteiger partial charge in [-0.25, -0.2) is 0 Å². The summed E-state index contributed by atoms with van der Waals surface area (Å²) in [6, 6.07) is 19.7. The number of ketones is 2. The molecule has 0 bridgehead atoms. The highest BCUT2D eigenvalue weighted by Crippen LogP contribution is 2.39. The van der Waals surface area contributed by atoms with Crippen molar-refractivity contribution in [2.24, 2.45) is 0 Å². The third kappa shape index (κ3) is 3.08. The lowest BCUT2D eigenvalue weighted by Gasteiger charge is -2.14. The lowest BCUT2D eigenvalue weighted by molar-refractivity contribution is 0.101. The third-order valence-electron chi connectivity index (χ3n) is 4.77. The van der Waals surface area contributed by atoms with Crippen molar-refractivity contribution in [3.05, 3.63) is 94.0 Å². The zero-order valence-corrected chi connectivity index (χ0v) is 15.9. The van der Waals surface area contributed by atoms with Gasteiger partial charge in [-0.3, -0.25) is 9.59 Å². The van der Waals surface area contributed by atoms with Gasteiger partial charge in [0.15, 0.2) is 11.6 Å². The third-order valence-corrected chi connectivity index (χ3v) is 5.02. The summed E-state index contributed by atoms with van der Waals surface area (Å²) in [6.07, 6.45) is 0. The number of nitrogen functional groups attached to an aromatic ring is 1. The first-order valence-electron chi connectivity index (χ1n) is 8.77. The number of Topliss-reactive ketones (excluding diaryl/α,β-unsaturated/α-hetero) is 2. The molecular formula is C23H17ClN2O2. The van der Waals surface area contributed by atoms with E-state index in [0.29, 0.717) is 38.8 Å². The SMILES string of the molecule is CC(=O)c1ccc(NC2=C(c3ccc(Cl)cc3)C(=O)c3ccccc32)c(N)c1. The van der Waals surface area contributed by atoms with Crippen LogP contribution in [0.2, 0.25) is 5.02 Å². The number of anilines is 2. The minimum Gasteiger partial charge on any atom is -0.397 e. The lowest BCUT2D eigenvalue weighted by Crippen LogP contribution is -2.04. The number of nitrogens with two attached hydrogens (primary N) is 1. The van der Waals surface area contributed by atoms with E-state index in [1.165, 1.54) is 6.92 Å². The monoisotopic (exact) mass is 388 g/mol. The van der Waals surface area contributed by atoms with Crippen LogP contribution in [0.3, 0.4) is 0 Å². The summed E-state index contributed by atoms with van der Waals surface area (Å²) in [5.74, 6) is -0.111. The molecule has 28 heavy (non-hydrogen) atoms. The summed E-state index contributed by atoms with van der Waals surface area (Å²) in [5, 5.41) is 3.92. The van der Waals surface area contributed by atoms with Crippen LogP contribution in [0.5, 0.6) is 0 Å². The van der Waals surface area contributed by atoms with Gasteiger partial charge in [-0.15, -0.1) is 0 Å². The van der Waals surface area contributed by atoms with Gasteiger partial charge in [0, 0.05) is 21.7 Å². The van der Waals surface area contributed by atoms with E-state index < -0.39 is 0 Å². The number of hydrogen-bond acceptors (Lipinski definition) is 4. The summed E-state index contributed by atoms with van der Waals surface area (Å²) >= 11 is 6.01. The Bertz CT molecular complexity index is 1150. The van der Waals surface area contributed by atoms with Gasteiger partial charge in [0.2, 0.25) is 0 Å². The van der Waals surface area contributed by atoms with Crippen LogP contribution in [-0.2, 0) is 0 Å². The molecule has 3 N–H and O–H groups in total. The quantitative estimate of drug-likeness (QED) is 0.469. The van der Waals surface area contributed by atoms with Crippen LogP contribution < -0.4 is 11.1 Å². The second-order valence-corrected chi connectivity index (χ2v) is 7.05. The van der Waals surface area contributed by atoms with Gasteiger partial charge < -0.3 is 11.1 Å². The average molecular weight is 389 g/mol. The molecule has 0 saturated carbocycles. The van der Waals surface area contributed by atoms with Gasteiger partial charge >= 0.3 is 0 Å². The Hall–Kier alpha value is -3.37. The molecule has 0 fully saturated rings. The van der Waals surface area contributed by atoms with Crippen LogP contribution in [0.25, 0.3) is 11.3 Å². The predicted octanol–water partition coefficient (Wildman–Crippen LogP) is 5.30. The van der Waals surface area contributed by atoms with Gasteiger partial charge in [-0.2, -0.15) is 0 Å². The number of fused-ring (bicyclic) bond motifs is 1. The highest BCUT2D eigenvalue weighted by Gasteiger charge is 2.30. The number of nitrogens with one attached hydrogen (secondary N) is 1. The molecule has 4 rings (SSSR count). The first kappa shape index (κ1) is 18.0. The van der Waals surface area contributed by atoms with E-state index in [1.54, 1.807) is 30.3 Å². The van der Waals surface area contributed by atoms with Crippen LogP contribution in [0.15, 0.2) is 66.7 Å². The Morgan fingerprint density at radius 3 is 2.29 bits per heavy atom. The number of rotatable bonds is 4. The van der Waals surface area contributed by atoms with E-state index in [9.17, 15) is 9.59 Å². The average Bonchev–Trinajstić information content (AvgIpc) is 2.96. The molecule has 3 aromatic carbocycles. The van der Waals surface area contributed by atoms with E-state index in [1.807, 2.05) is 36.4 Å². The van der Waals surface area contributed by atoms with Crippen molar-refractivity contribution < 1.29 is 9.59 Å². The van der Waals surface area contributed by atoms with E-state index in [4.69, 9.17) is 17.3 Å². The molecular weight excluding hydrogens is 372 g/mol. The molecule has 3 aromatic rings. The lowest BCUT2D eigenvalue weighted by atomic mass is 10.0. The Kier molecular flexibility index (Phi) is 4.49. The Labute approximate surface area is 167 Å². The van der Waals surface area contributed by atoms with E-state index >= 15 is 0 Å². The zero-order chi connectivity index (χ0) is 19.8. The molecule has 0 heterocycles. The molecule has 0 atom stereocenters. The fourth-order valence-corrected chi connectivity index (χ4v) is 3.46. The van der Waals surface area contributed by atoms with Crippen molar-refractivity contribution in [3.8, 4) is 0 Å². The van der Waals surface area contributed by atoms with Gasteiger partial charge in [-0.05, 0) is 42.8 Å². The maximum atomic E-state index is 13.1. The van der Waals surface area contributed by atoms with E-state index in [-0.39, 0.29) is 11.6 Å². The smallest absolute Gasteiger partial charge is 0.196 e. The summed E-state index contributed by atoms with van der Waals surface area (Å²) in [6.45, 7) is 1.49. The number of carbonyl (C=O) groups excluding carboxylic acids is 2. The molecule has 1 aliphatic carbocycles. The standard InChI is InChI=1S/C23H17ClN2O2/c1-13(27)15-8-11-20(19(25)12-15)26-22-17-4-2-3-5-18(17)23(28)21(22)14-6-9-16(24)10-7-14/h2-12,26H,25H2,1H3. The van der Waals surface area contributed by atoms with E-state index in [2.05, 4.69) is 5.32 Å². The summed E-state index contributed by atoms with van der Waals surface area (Å²) in [4.78, 5) is 24.7. The van der Waals surface area contributed by atoms with Crippen LogP contribution in [0, 0.1) is 0 Å². The molecule has 0 radical (unpaired) electrons. The summed E-state index contributed by atoms with van der Waals surface area (Å²) in [5.41, 5.74) is 11.2. The largest absolute Gasteiger partial charge is 0.397 e. The van der Waals surface area contributed by atoms with Crippen LogP contribution in [-0.4, -0.2) is 11.6 Å². The van der Waals surface area contributed by atoms with Crippen molar-refractivity contribution in [3.63, 3.8) is 0 Å². The van der Waals surface area contributed by atoms with Gasteiger partial charge in [0.25, 0.3) is 0 Å². The van der Waals surface area contributed by atoms with Crippen molar-refractivity contribution in [1.82, 2.24) is 0 Å². The topological polar surface area (TPSA) is 72.2 Å². The van der Waals surface area contributed by atoms with Crippen molar-refractivity contribution in [1.29, 1.82) is 0 Å². The van der Waals surface area contributed by atoms with Crippen molar-refractivity contribution in [2.45, 2.75) is 6.92 Å². The molecule has 0 unspecified atom stereocenters. The van der Waals surface area contributed by atoms with Crippen LogP contribution in [0.4, 0.5) is 11.4 Å². The molecule has 0 amide bonds.